The second-order valence-corrected chi connectivity index (χ2v) is 9.95. The second-order valence-electron chi connectivity index (χ2n) is 9.10. The molecule has 1 N–H and O–H groups in total. The zero-order chi connectivity index (χ0) is 28.8. The summed E-state index contributed by atoms with van der Waals surface area (Å²) < 4.78 is 17.0. The standard InChI is InChI=1S/C29H30N2O8S/c1-36-25-15-21-19-9-11-26(40-4)24(32)14-22(19)23(10-8-20(21)28(37-2)29(25)38-3)30-27(33)13-17-6-5-7-18(12-17)16-39-31(34)35/h5-7,9,11-12,14-15,23H,8,10,13,16H2,1-4H3,(H,30,33)/t23-/m0/s1. The quantitative estimate of drug-likeness (QED) is 0.214. The van der Waals surface area contributed by atoms with Gasteiger partial charge in [0.25, 0.3) is 5.09 Å². The topological polar surface area (TPSA) is 126 Å². The Balaban J connectivity index is 1.74. The van der Waals surface area contributed by atoms with E-state index in [0.29, 0.717) is 51.7 Å². The molecule has 0 spiro atoms. The minimum absolute atomic E-state index is 0.0509. The zero-order valence-electron chi connectivity index (χ0n) is 22.6. The van der Waals surface area contributed by atoms with Crippen molar-refractivity contribution >= 4 is 17.7 Å². The average Bonchev–Trinajstić information content (AvgIpc) is 3.19. The van der Waals surface area contributed by atoms with E-state index >= 15 is 0 Å². The SMILES string of the molecule is COc1cc2c(c(OC)c1OC)CC[C@H](NC(=O)Cc1cccc(CO[N+](=O)[O-])c1)c1cc(=O)c(SC)ccc1-2. The van der Waals surface area contributed by atoms with Gasteiger partial charge in [-0.1, -0.05) is 30.3 Å². The van der Waals surface area contributed by atoms with E-state index in [1.54, 1.807) is 57.7 Å². The van der Waals surface area contributed by atoms with Crippen LogP contribution in [0, 0.1) is 10.1 Å². The number of amides is 1. The Morgan fingerprint density at radius 1 is 1.02 bits per heavy atom. The molecule has 0 bridgehead atoms. The first-order chi connectivity index (χ1) is 19.3. The Kier molecular flexibility index (Phi) is 9.15. The average molecular weight is 567 g/mol. The number of nitrogens with one attached hydrogen (secondary N) is 1. The number of carbonyl (C=O) groups excluding carboxylic acids is 1. The van der Waals surface area contributed by atoms with Crippen molar-refractivity contribution in [3.63, 3.8) is 0 Å². The Bertz CT molecular complexity index is 1490. The highest BCUT2D eigenvalue weighted by Gasteiger charge is 2.29. The fraction of sp³-hybridized carbons (Fsp3) is 0.310. The predicted octanol–water partition coefficient (Wildman–Crippen LogP) is 4.52. The van der Waals surface area contributed by atoms with Gasteiger partial charge in [0, 0.05) is 5.56 Å². The van der Waals surface area contributed by atoms with Gasteiger partial charge in [-0.15, -0.1) is 21.9 Å². The number of ether oxygens (including phenoxy) is 3. The molecule has 4 rings (SSSR count). The van der Waals surface area contributed by atoms with E-state index in [9.17, 15) is 19.7 Å². The van der Waals surface area contributed by atoms with Crippen LogP contribution in [0.2, 0.25) is 0 Å². The molecule has 1 atom stereocenters. The number of benzene rings is 2. The van der Waals surface area contributed by atoms with E-state index in [1.165, 1.54) is 11.8 Å². The lowest BCUT2D eigenvalue weighted by Crippen LogP contribution is -2.30. The van der Waals surface area contributed by atoms with Crippen LogP contribution in [0.3, 0.4) is 0 Å². The van der Waals surface area contributed by atoms with E-state index in [1.807, 2.05) is 18.4 Å². The van der Waals surface area contributed by atoms with Crippen LogP contribution in [0.15, 0.2) is 58.2 Å². The number of hydrogen-bond acceptors (Lipinski definition) is 9. The Morgan fingerprint density at radius 3 is 2.45 bits per heavy atom. The van der Waals surface area contributed by atoms with Gasteiger partial charge in [-0.05, 0) is 65.1 Å². The van der Waals surface area contributed by atoms with Crippen LogP contribution in [0.1, 0.15) is 34.7 Å². The van der Waals surface area contributed by atoms with Gasteiger partial charge >= 0.3 is 0 Å². The monoisotopic (exact) mass is 566 g/mol. The molecule has 0 aliphatic heterocycles. The Hall–Kier alpha value is -4.25. The van der Waals surface area contributed by atoms with Crippen molar-refractivity contribution in [2.45, 2.75) is 36.8 Å². The van der Waals surface area contributed by atoms with Gasteiger partial charge in [0.1, 0.15) is 6.61 Å². The molecule has 10 nitrogen and oxygen atoms in total. The fourth-order valence-electron chi connectivity index (χ4n) is 5.02. The molecule has 0 saturated heterocycles. The third-order valence-electron chi connectivity index (χ3n) is 6.77. The molecule has 11 heteroatoms. The van der Waals surface area contributed by atoms with Crippen LogP contribution < -0.4 is 25.0 Å². The van der Waals surface area contributed by atoms with Crippen molar-refractivity contribution in [2.75, 3.05) is 27.6 Å². The number of nitrogens with zero attached hydrogens (tertiary/aromatic N) is 1. The van der Waals surface area contributed by atoms with Gasteiger partial charge in [0.15, 0.2) is 16.9 Å². The highest BCUT2D eigenvalue weighted by Crippen LogP contribution is 2.48. The van der Waals surface area contributed by atoms with Crippen molar-refractivity contribution in [1.29, 1.82) is 0 Å². The molecule has 1 amide bonds. The van der Waals surface area contributed by atoms with Crippen LogP contribution in [-0.4, -0.2) is 38.6 Å². The Labute approximate surface area is 235 Å². The van der Waals surface area contributed by atoms with E-state index < -0.39 is 11.1 Å². The van der Waals surface area contributed by atoms with E-state index in [4.69, 9.17) is 14.2 Å². The van der Waals surface area contributed by atoms with Crippen LogP contribution in [0.4, 0.5) is 0 Å². The minimum Gasteiger partial charge on any atom is -0.493 e. The lowest BCUT2D eigenvalue weighted by Gasteiger charge is -2.19. The molecular weight excluding hydrogens is 536 g/mol. The van der Waals surface area contributed by atoms with Gasteiger partial charge in [0.05, 0.1) is 38.7 Å². The first-order valence-electron chi connectivity index (χ1n) is 12.5. The van der Waals surface area contributed by atoms with Crippen LogP contribution in [-0.2, 0) is 29.1 Å². The van der Waals surface area contributed by atoms with Gasteiger partial charge < -0.3 is 24.4 Å². The maximum atomic E-state index is 13.3. The molecule has 3 aromatic carbocycles. The van der Waals surface area contributed by atoms with Crippen molar-refractivity contribution in [1.82, 2.24) is 5.32 Å². The molecule has 3 aromatic rings. The number of carbonyl (C=O) groups is 1. The molecule has 0 heterocycles. The first-order valence-corrected chi connectivity index (χ1v) is 13.7. The molecule has 40 heavy (non-hydrogen) atoms. The Morgan fingerprint density at radius 2 is 1.77 bits per heavy atom. The molecular formula is C29H30N2O8S. The summed E-state index contributed by atoms with van der Waals surface area (Å²) in [6, 6.07) is 13.6. The predicted molar refractivity (Wildman–Crippen MR) is 151 cm³/mol. The van der Waals surface area contributed by atoms with Gasteiger partial charge in [-0.25, -0.2) is 0 Å². The summed E-state index contributed by atoms with van der Waals surface area (Å²) in [5.41, 5.74) is 4.34. The fourth-order valence-corrected chi connectivity index (χ4v) is 5.48. The van der Waals surface area contributed by atoms with Crippen LogP contribution in [0.25, 0.3) is 11.1 Å². The summed E-state index contributed by atoms with van der Waals surface area (Å²) in [6.07, 6.45) is 2.94. The first kappa shape index (κ1) is 28.8. The van der Waals surface area contributed by atoms with E-state index in [-0.39, 0.29) is 24.4 Å². The van der Waals surface area contributed by atoms with Gasteiger partial charge in [-0.3, -0.25) is 9.59 Å². The van der Waals surface area contributed by atoms with Crippen molar-refractivity contribution in [3.8, 4) is 28.4 Å². The lowest BCUT2D eigenvalue weighted by molar-refractivity contribution is -0.763. The van der Waals surface area contributed by atoms with Crippen molar-refractivity contribution in [3.05, 3.63) is 91.1 Å². The van der Waals surface area contributed by atoms with Crippen LogP contribution in [0.5, 0.6) is 17.2 Å². The van der Waals surface area contributed by atoms with Crippen molar-refractivity contribution in [2.24, 2.45) is 0 Å². The smallest absolute Gasteiger partial charge is 0.294 e. The summed E-state index contributed by atoms with van der Waals surface area (Å²) in [7, 11) is 4.67. The molecule has 210 valence electrons. The molecule has 0 aromatic heterocycles. The summed E-state index contributed by atoms with van der Waals surface area (Å²) >= 11 is 1.36. The highest BCUT2D eigenvalue weighted by molar-refractivity contribution is 7.98. The van der Waals surface area contributed by atoms with Gasteiger partial charge in [0.2, 0.25) is 11.7 Å². The lowest BCUT2D eigenvalue weighted by atomic mass is 9.96. The summed E-state index contributed by atoms with van der Waals surface area (Å²) in [6.45, 7) is -0.202. The summed E-state index contributed by atoms with van der Waals surface area (Å²) in [5, 5.41) is 12.8. The maximum absolute atomic E-state index is 13.3. The van der Waals surface area contributed by atoms with Crippen LogP contribution >= 0.6 is 11.8 Å². The normalized spacial score (nSPS) is 13.8. The summed E-state index contributed by atoms with van der Waals surface area (Å²) in [5.74, 6) is 1.26. The minimum atomic E-state index is -0.853. The molecule has 0 radical (unpaired) electrons. The third-order valence-corrected chi connectivity index (χ3v) is 7.55. The second kappa shape index (κ2) is 12.7. The zero-order valence-corrected chi connectivity index (χ0v) is 23.5. The number of fused-ring (bicyclic) bond motifs is 3. The molecule has 1 aliphatic carbocycles. The largest absolute Gasteiger partial charge is 0.493 e. The van der Waals surface area contributed by atoms with E-state index in [2.05, 4.69) is 10.2 Å². The van der Waals surface area contributed by atoms with Gasteiger partial charge in [-0.2, -0.15) is 0 Å². The number of methoxy groups -OCH3 is 3. The maximum Gasteiger partial charge on any atom is 0.294 e. The number of hydrogen-bond donors (Lipinski definition) is 1. The molecule has 0 fully saturated rings. The number of rotatable bonds is 10. The van der Waals surface area contributed by atoms with E-state index in [0.717, 1.165) is 16.7 Å². The molecule has 0 unspecified atom stereocenters. The van der Waals surface area contributed by atoms with Crippen molar-refractivity contribution < 1.29 is 28.9 Å². The third kappa shape index (κ3) is 6.15. The summed E-state index contributed by atoms with van der Waals surface area (Å²) in [4.78, 5) is 41.9. The number of thioether (sulfide) groups is 1. The molecule has 0 saturated carbocycles. The highest BCUT2D eigenvalue weighted by atomic mass is 32.2. The molecule has 1 aliphatic rings.